The maximum Gasteiger partial charge on any atom is 0.249 e. The Bertz CT molecular complexity index is 1600. The van der Waals surface area contributed by atoms with E-state index in [4.69, 9.17) is 15.5 Å². The summed E-state index contributed by atoms with van der Waals surface area (Å²) >= 11 is 0. The highest BCUT2D eigenvalue weighted by atomic mass is 16.5. The Balaban J connectivity index is 1.71. The molecule has 1 unspecified atom stereocenters. The zero-order valence-electron chi connectivity index (χ0n) is 24.1. The Morgan fingerprint density at radius 1 is 1.15 bits per heavy atom. The number of aromatic nitrogens is 2. The lowest BCUT2D eigenvalue weighted by Gasteiger charge is -2.24. The number of rotatable bonds is 11. The van der Waals surface area contributed by atoms with Crippen molar-refractivity contribution in [2.24, 2.45) is 5.73 Å². The van der Waals surface area contributed by atoms with Gasteiger partial charge in [0.05, 0.1) is 23.9 Å². The minimum atomic E-state index is -0.644. The molecule has 4 rings (SSSR count). The summed E-state index contributed by atoms with van der Waals surface area (Å²) < 4.78 is 7.92. The summed E-state index contributed by atoms with van der Waals surface area (Å²) in [5, 5.41) is 13.2. The van der Waals surface area contributed by atoms with Gasteiger partial charge in [0.1, 0.15) is 17.5 Å². The summed E-state index contributed by atoms with van der Waals surface area (Å²) in [7, 11) is 3.63. The molecule has 0 spiro atoms. The number of amides is 2. The fourth-order valence-electron chi connectivity index (χ4n) is 4.95. The highest BCUT2D eigenvalue weighted by molar-refractivity contribution is 5.95. The number of nitrogens with one attached hydrogen (secondary N) is 1. The van der Waals surface area contributed by atoms with Gasteiger partial charge in [-0.25, -0.2) is 4.98 Å². The molecule has 0 bridgehead atoms. The third kappa shape index (κ3) is 6.91. The SMILES string of the molecule is Cc1cccn2cc(-c3ccc(CC(CNC(=O)CN(C)C)c4c(C(N)=O)ccc(OC(C)C)c4C#N)cc3)nc12. The molecule has 2 heterocycles. The van der Waals surface area contributed by atoms with Gasteiger partial charge >= 0.3 is 0 Å². The topological polar surface area (TPSA) is 126 Å². The van der Waals surface area contributed by atoms with Gasteiger partial charge in [-0.3, -0.25) is 9.59 Å². The van der Waals surface area contributed by atoms with Gasteiger partial charge in [-0.15, -0.1) is 0 Å². The lowest BCUT2D eigenvalue weighted by Crippen LogP contribution is -2.36. The monoisotopic (exact) mass is 552 g/mol. The van der Waals surface area contributed by atoms with Crippen molar-refractivity contribution >= 4 is 17.5 Å². The smallest absolute Gasteiger partial charge is 0.249 e. The highest BCUT2D eigenvalue weighted by Gasteiger charge is 2.26. The number of primary amides is 1. The number of fused-ring (bicyclic) bond motifs is 1. The molecule has 2 aromatic carbocycles. The summed E-state index contributed by atoms with van der Waals surface area (Å²) in [5.41, 5.74) is 11.5. The first-order valence-corrected chi connectivity index (χ1v) is 13.6. The van der Waals surface area contributed by atoms with Crippen LogP contribution < -0.4 is 15.8 Å². The number of benzene rings is 2. The fourth-order valence-corrected chi connectivity index (χ4v) is 4.95. The lowest BCUT2D eigenvalue weighted by atomic mass is 9.84. The van der Waals surface area contributed by atoms with Crippen molar-refractivity contribution in [1.82, 2.24) is 19.6 Å². The van der Waals surface area contributed by atoms with E-state index in [0.29, 0.717) is 17.7 Å². The van der Waals surface area contributed by atoms with Gasteiger partial charge in [0.25, 0.3) is 0 Å². The van der Waals surface area contributed by atoms with Crippen LogP contribution in [0.5, 0.6) is 5.75 Å². The summed E-state index contributed by atoms with van der Waals surface area (Å²) in [6.45, 7) is 6.19. The van der Waals surface area contributed by atoms with Crippen LogP contribution in [0, 0.1) is 18.3 Å². The summed E-state index contributed by atoms with van der Waals surface area (Å²) in [6.07, 6.45) is 4.25. The Morgan fingerprint density at radius 2 is 1.88 bits per heavy atom. The number of imidazole rings is 1. The number of carbonyl (C=O) groups excluding carboxylic acids is 2. The third-order valence-corrected chi connectivity index (χ3v) is 6.77. The van der Waals surface area contributed by atoms with E-state index in [-0.39, 0.29) is 36.2 Å². The van der Waals surface area contributed by atoms with E-state index in [2.05, 4.69) is 11.4 Å². The van der Waals surface area contributed by atoms with Gasteiger partial charge in [-0.05, 0) is 76.2 Å². The van der Waals surface area contributed by atoms with Crippen LogP contribution in [0.15, 0.2) is 60.9 Å². The number of hydrogen-bond acceptors (Lipinski definition) is 6. The van der Waals surface area contributed by atoms with Gasteiger partial charge in [0.15, 0.2) is 0 Å². The maximum absolute atomic E-state index is 12.6. The van der Waals surface area contributed by atoms with Crippen LogP contribution in [0.1, 0.15) is 52.4 Å². The van der Waals surface area contributed by atoms with Crippen molar-refractivity contribution in [2.75, 3.05) is 27.2 Å². The third-order valence-electron chi connectivity index (χ3n) is 6.77. The maximum atomic E-state index is 12.6. The molecule has 4 aromatic rings. The molecule has 2 amide bonds. The standard InChI is InChI=1S/C32H36N6O3/c1-20(2)41-28-13-12-25(31(34)40)30(26(28)16-33)24(17-35-29(39)19-37(4)5)15-22-8-10-23(11-9-22)27-18-38-14-6-7-21(3)32(38)36-27/h6-14,18,20,24H,15,17,19H2,1-5H3,(H2,34,40)(H,35,39). The van der Waals surface area contributed by atoms with Gasteiger partial charge in [0, 0.05) is 36.0 Å². The van der Waals surface area contributed by atoms with E-state index >= 15 is 0 Å². The molecule has 0 radical (unpaired) electrons. The quantitative estimate of drug-likeness (QED) is 0.289. The first-order chi connectivity index (χ1) is 19.6. The van der Waals surface area contributed by atoms with Crippen molar-refractivity contribution in [1.29, 1.82) is 5.26 Å². The molecule has 1 atom stereocenters. The molecular weight excluding hydrogens is 516 g/mol. The average Bonchev–Trinajstić information content (AvgIpc) is 3.36. The van der Waals surface area contributed by atoms with Crippen molar-refractivity contribution in [3.63, 3.8) is 0 Å². The Morgan fingerprint density at radius 3 is 2.49 bits per heavy atom. The molecule has 212 valence electrons. The van der Waals surface area contributed by atoms with Crippen molar-refractivity contribution in [3.8, 4) is 23.1 Å². The first-order valence-electron chi connectivity index (χ1n) is 13.6. The average molecular weight is 553 g/mol. The minimum absolute atomic E-state index is 0.161. The number of nitriles is 1. The molecule has 9 heteroatoms. The van der Waals surface area contributed by atoms with Crippen molar-refractivity contribution in [2.45, 2.75) is 39.2 Å². The molecule has 0 aliphatic heterocycles. The zero-order valence-corrected chi connectivity index (χ0v) is 24.1. The number of ether oxygens (including phenoxy) is 1. The summed E-state index contributed by atoms with van der Waals surface area (Å²) in [5.74, 6) is -0.844. The predicted octanol–water partition coefficient (Wildman–Crippen LogP) is 4.07. The lowest BCUT2D eigenvalue weighted by molar-refractivity contribution is -0.121. The van der Waals surface area contributed by atoms with Crippen molar-refractivity contribution in [3.05, 3.63) is 88.7 Å². The Labute approximate surface area is 240 Å². The highest BCUT2D eigenvalue weighted by Crippen LogP contribution is 2.34. The first kappa shape index (κ1) is 29.3. The van der Waals surface area contributed by atoms with E-state index in [1.807, 2.05) is 88.1 Å². The van der Waals surface area contributed by atoms with E-state index in [9.17, 15) is 14.9 Å². The van der Waals surface area contributed by atoms with Crippen LogP contribution in [0.2, 0.25) is 0 Å². The molecule has 0 aliphatic rings. The second-order valence-corrected chi connectivity index (χ2v) is 10.7. The van der Waals surface area contributed by atoms with Crippen LogP contribution in [0.25, 0.3) is 16.9 Å². The van der Waals surface area contributed by atoms with E-state index < -0.39 is 11.8 Å². The van der Waals surface area contributed by atoms with Crippen molar-refractivity contribution < 1.29 is 14.3 Å². The molecule has 0 saturated heterocycles. The van der Waals surface area contributed by atoms with Crippen LogP contribution in [-0.4, -0.2) is 59.4 Å². The normalized spacial score (nSPS) is 12.0. The number of likely N-dealkylation sites (N-methyl/N-ethyl adjacent to an activating group) is 1. The second kappa shape index (κ2) is 12.7. The molecule has 2 aromatic heterocycles. The fraction of sp³-hybridized carbons (Fsp3) is 0.312. The zero-order chi connectivity index (χ0) is 29.7. The van der Waals surface area contributed by atoms with Crippen LogP contribution >= 0.6 is 0 Å². The molecule has 0 saturated carbocycles. The molecule has 3 N–H and O–H groups in total. The predicted molar refractivity (Wildman–Crippen MR) is 159 cm³/mol. The number of nitrogens with zero attached hydrogens (tertiary/aromatic N) is 4. The number of carbonyl (C=O) groups is 2. The van der Waals surface area contributed by atoms with E-state index in [1.54, 1.807) is 17.0 Å². The van der Waals surface area contributed by atoms with Gasteiger partial charge in [0.2, 0.25) is 11.8 Å². The molecule has 0 fully saturated rings. The summed E-state index contributed by atoms with van der Waals surface area (Å²) in [4.78, 5) is 31.7. The molecular formula is C32H36N6O3. The Hall–Kier alpha value is -4.68. The van der Waals surface area contributed by atoms with E-state index in [0.717, 1.165) is 28.0 Å². The molecule has 9 nitrogen and oxygen atoms in total. The number of aryl methyl sites for hydroxylation is 1. The number of nitrogens with two attached hydrogens (primary N) is 1. The van der Waals surface area contributed by atoms with Crippen LogP contribution in [-0.2, 0) is 11.2 Å². The van der Waals surface area contributed by atoms with Gasteiger partial charge < -0.3 is 25.1 Å². The van der Waals surface area contributed by atoms with Crippen LogP contribution in [0.3, 0.4) is 0 Å². The van der Waals surface area contributed by atoms with Gasteiger partial charge in [-0.2, -0.15) is 5.26 Å². The number of hydrogen-bond donors (Lipinski definition) is 2. The van der Waals surface area contributed by atoms with Crippen LogP contribution in [0.4, 0.5) is 0 Å². The Kier molecular flexibility index (Phi) is 9.05. The van der Waals surface area contributed by atoms with Gasteiger partial charge in [-0.1, -0.05) is 30.3 Å². The minimum Gasteiger partial charge on any atom is -0.490 e. The largest absolute Gasteiger partial charge is 0.490 e. The molecule has 0 aliphatic carbocycles. The second-order valence-electron chi connectivity index (χ2n) is 10.7. The summed E-state index contributed by atoms with van der Waals surface area (Å²) in [6, 6.07) is 17.5. The van der Waals surface area contributed by atoms with E-state index in [1.165, 1.54) is 0 Å². The molecule has 41 heavy (non-hydrogen) atoms. The number of pyridine rings is 1.